The van der Waals surface area contributed by atoms with Gasteiger partial charge in [0, 0.05) is 16.6 Å². The maximum atomic E-state index is 13.9. The van der Waals surface area contributed by atoms with Crippen LogP contribution in [0.2, 0.25) is 10.0 Å². The molecule has 1 nitrogen and oxygen atoms in total. The van der Waals surface area contributed by atoms with Gasteiger partial charge in [0.25, 0.3) is 0 Å². The predicted molar refractivity (Wildman–Crippen MR) is 65.3 cm³/mol. The van der Waals surface area contributed by atoms with Gasteiger partial charge in [-0.2, -0.15) is 0 Å². The second-order valence-electron chi connectivity index (χ2n) is 4.33. The van der Waals surface area contributed by atoms with Crippen LogP contribution in [0.4, 0.5) is 4.39 Å². The van der Waals surface area contributed by atoms with Crippen LogP contribution in [0.3, 0.4) is 0 Å². The van der Waals surface area contributed by atoms with Crippen molar-refractivity contribution in [3.63, 3.8) is 0 Å². The largest absolute Gasteiger partial charge is 0.324 e. The van der Waals surface area contributed by atoms with Crippen LogP contribution < -0.4 is 5.73 Å². The van der Waals surface area contributed by atoms with Gasteiger partial charge in [0.2, 0.25) is 0 Å². The molecule has 2 N–H and O–H groups in total. The summed E-state index contributed by atoms with van der Waals surface area (Å²) >= 11 is 11.7. The second-order valence-corrected chi connectivity index (χ2v) is 5.14. The van der Waals surface area contributed by atoms with Crippen molar-refractivity contribution in [1.82, 2.24) is 0 Å². The quantitative estimate of drug-likeness (QED) is 0.789. The monoisotopic (exact) mass is 261 g/mol. The van der Waals surface area contributed by atoms with Crippen LogP contribution in [0.15, 0.2) is 12.1 Å². The lowest BCUT2D eigenvalue weighted by molar-refractivity contribution is 0.429. The molecule has 1 aliphatic carbocycles. The molecule has 0 bridgehead atoms. The molecule has 1 aromatic rings. The summed E-state index contributed by atoms with van der Waals surface area (Å²) in [4.78, 5) is 0. The molecule has 0 radical (unpaired) electrons. The Kier molecular flexibility index (Phi) is 3.73. The first-order valence-electron chi connectivity index (χ1n) is 5.50. The molecule has 0 aromatic heterocycles. The van der Waals surface area contributed by atoms with E-state index in [1.807, 2.05) is 0 Å². The van der Waals surface area contributed by atoms with Gasteiger partial charge >= 0.3 is 0 Å². The van der Waals surface area contributed by atoms with E-state index in [1.165, 1.54) is 6.07 Å². The minimum Gasteiger partial charge on any atom is -0.324 e. The summed E-state index contributed by atoms with van der Waals surface area (Å²) < 4.78 is 13.9. The Morgan fingerprint density at radius 3 is 2.38 bits per heavy atom. The maximum Gasteiger partial charge on any atom is 0.148 e. The zero-order valence-electron chi connectivity index (χ0n) is 8.85. The van der Waals surface area contributed by atoms with Crippen molar-refractivity contribution in [2.45, 2.75) is 31.7 Å². The second kappa shape index (κ2) is 4.91. The summed E-state index contributed by atoms with van der Waals surface area (Å²) in [6.45, 7) is 0. The van der Waals surface area contributed by atoms with E-state index < -0.39 is 5.82 Å². The molecule has 0 saturated heterocycles. The van der Waals surface area contributed by atoms with Gasteiger partial charge in [0.15, 0.2) is 0 Å². The third-order valence-electron chi connectivity index (χ3n) is 3.32. The predicted octanol–water partition coefficient (Wildman–Crippen LogP) is 4.32. The molecule has 16 heavy (non-hydrogen) atoms. The molecule has 4 heteroatoms. The summed E-state index contributed by atoms with van der Waals surface area (Å²) in [6, 6.07) is 2.73. The van der Waals surface area contributed by atoms with Gasteiger partial charge in [0.05, 0.1) is 5.02 Å². The minimum absolute atomic E-state index is 0.0906. The average molecular weight is 262 g/mol. The highest BCUT2D eigenvalue weighted by Crippen LogP contribution is 2.39. The highest BCUT2D eigenvalue weighted by Gasteiger charge is 2.27. The minimum atomic E-state index is -0.464. The number of hydrogen-bond donors (Lipinski definition) is 1. The van der Waals surface area contributed by atoms with Gasteiger partial charge < -0.3 is 5.73 Å². The zero-order chi connectivity index (χ0) is 11.7. The fourth-order valence-corrected chi connectivity index (χ4v) is 2.84. The molecule has 0 spiro atoms. The van der Waals surface area contributed by atoms with Gasteiger partial charge in [-0.15, -0.1) is 0 Å². The molecule has 1 atom stereocenters. The lowest BCUT2D eigenvalue weighted by atomic mass is 9.92. The summed E-state index contributed by atoms with van der Waals surface area (Å²) in [7, 11) is 0. The molecule has 1 aromatic carbocycles. The lowest BCUT2D eigenvalue weighted by Crippen LogP contribution is -2.21. The van der Waals surface area contributed by atoms with E-state index in [4.69, 9.17) is 28.9 Å². The highest BCUT2D eigenvalue weighted by atomic mass is 35.5. The van der Waals surface area contributed by atoms with E-state index in [9.17, 15) is 4.39 Å². The summed E-state index contributed by atoms with van der Waals surface area (Å²) in [5.41, 5.74) is 6.46. The van der Waals surface area contributed by atoms with Gasteiger partial charge in [-0.3, -0.25) is 0 Å². The number of nitrogens with two attached hydrogens (primary N) is 1. The number of rotatable bonds is 2. The Labute approximate surface area is 105 Å². The Morgan fingerprint density at radius 1 is 1.19 bits per heavy atom. The molecule has 1 saturated carbocycles. The van der Waals surface area contributed by atoms with Crippen LogP contribution in [0.1, 0.15) is 37.3 Å². The first-order valence-corrected chi connectivity index (χ1v) is 6.26. The molecule has 2 rings (SSSR count). The van der Waals surface area contributed by atoms with Crippen LogP contribution in [-0.4, -0.2) is 0 Å². The van der Waals surface area contributed by atoms with Crippen molar-refractivity contribution in [2.24, 2.45) is 11.7 Å². The Hall–Kier alpha value is -0.310. The molecule has 0 amide bonds. The summed E-state index contributed by atoms with van der Waals surface area (Å²) in [5, 5.41) is 0.467. The Balaban J connectivity index is 2.34. The molecule has 1 fully saturated rings. The van der Waals surface area contributed by atoms with Crippen molar-refractivity contribution in [3.8, 4) is 0 Å². The number of hydrogen-bond acceptors (Lipinski definition) is 1. The number of halogens is 3. The smallest absolute Gasteiger partial charge is 0.148 e. The average Bonchev–Trinajstić information content (AvgIpc) is 2.77. The number of benzene rings is 1. The van der Waals surface area contributed by atoms with Crippen molar-refractivity contribution >= 4 is 23.2 Å². The van der Waals surface area contributed by atoms with Crippen LogP contribution in [0.5, 0.6) is 0 Å². The van der Waals surface area contributed by atoms with E-state index in [0.717, 1.165) is 25.7 Å². The molecule has 1 aliphatic rings. The van der Waals surface area contributed by atoms with E-state index in [2.05, 4.69) is 0 Å². The Bertz CT molecular complexity index is 389. The normalized spacial score (nSPS) is 19.0. The van der Waals surface area contributed by atoms with Crippen molar-refractivity contribution < 1.29 is 4.39 Å². The van der Waals surface area contributed by atoms with Crippen LogP contribution in [-0.2, 0) is 0 Å². The zero-order valence-corrected chi connectivity index (χ0v) is 10.4. The SMILES string of the molecule is N[C@@H](c1c(Cl)ccc(Cl)c1F)C1CCCC1. The third kappa shape index (κ3) is 2.20. The molecule has 0 unspecified atom stereocenters. The lowest BCUT2D eigenvalue weighted by Gasteiger charge is -2.21. The highest BCUT2D eigenvalue weighted by molar-refractivity contribution is 6.33. The fourth-order valence-electron chi connectivity index (χ4n) is 2.40. The first kappa shape index (κ1) is 12.2. The summed E-state index contributed by atoms with van der Waals surface area (Å²) in [5.74, 6) is -0.140. The van der Waals surface area contributed by atoms with E-state index in [0.29, 0.717) is 16.5 Å². The van der Waals surface area contributed by atoms with Gasteiger partial charge in [-0.05, 0) is 30.9 Å². The Morgan fingerprint density at radius 2 is 1.75 bits per heavy atom. The molecule has 0 aliphatic heterocycles. The van der Waals surface area contributed by atoms with Crippen molar-refractivity contribution in [2.75, 3.05) is 0 Å². The van der Waals surface area contributed by atoms with Gasteiger partial charge in [0.1, 0.15) is 5.82 Å². The van der Waals surface area contributed by atoms with E-state index in [1.54, 1.807) is 6.07 Å². The van der Waals surface area contributed by atoms with Crippen molar-refractivity contribution in [1.29, 1.82) is 0 Å². The molecular formula is C12H14Cl2FN. The van der Waals surface area contributed by atoms with Gasteiger partial charge in [-0.25, -0.2) is 4.39 Å². The van der Waals surface area contributed by atoms with Crippen LogP contribution in [0, 0.1) is 11.7 Å². The standard InChI is InChI=1S/C12H14Cl2FN/c13-8-5-6-9(14)11(15)10(8)12(16)7-3-1-2-4-7/h5-7,12H,1-4,16H2/t12-/m1/s1. The van der Waals surface area contributed by atoms with E-state index in [-0.39, 0.29) is 11.1 Å². The topological polar surface area (TPSA) is 26.0 Å². The molecular weight excluding hydrogens is 248 g/mol. The fraction of sp³-hybridized carbons (Fsp3) is 0.500. The van der Waals surface area contributed by atoms with Gasteiger partial charge in [-0.1, -0.05) is 36.0 Å². The van der Waals surface area contributed by atoms with Crippen molar-refractivity contribution in [3.05, 3.63) is 33.6 Å². The molecule has 0 heterocycles. The maximum absolute atomic E-state index is 13.9. The van der Waals surface area contributed by atoms with E-state index >= 15 is 0 Å². The first-order chi connectivity index (χ1) is 7.61. The van der Waals surface area contributed by atoms with Crippen LogP contribution >= 0.6 is 23.2 Å². The summed E-state index contributed by atoms with van der Waals surface area (Å²) in [6.07, 6.45) is 4.42. The molecule has 88 valence electrons. The van der Waals surface area contributed by atoms with Crippen LogP contribution in [0.25, 0.3) is 0 Å². The third-order valence-corrected chi connectivity index (χ3v) is 3.94.